The topological polar surface area (TPSA) is 172 Å². The number of halogens is 2. The number of nitrogens with two attached hydrogens (primary N) is 1. The van der Waals surface area contributed by atoms with Crippen molar-refractivity contribution in [2.24, 2.45) is 5.14 Å². The highest BCUT2D eigenvalue weighted by molar-refractivity contribution is 7.89. The molecule has 2 aromatic rings. The van der Waals surface area contributed by atoms with Crippen LogP contribution in [0.25, 0.3) is 0 Å². The Hall–Kier alpha value is -4.12. The Bertz CT molecular complexity index is 1550. The number of anilines is 1. The normalized spacial score (nSPS) is 17.8. The summed E-state index contributed by atoms with van der Waals surface area (Å²) >= 11 is 0. The first-order chi connectivity index (χ1) is 21.0. The largest absolute Gasteiger partial charge is 0.466 e. The minimum absolute atomic E-state index is 0.0165. The van der Waals surface area contributed by atoms with Crippen LogP contribution < -0.4 is 26.0 Å². The number of ether oxygens (including phenoxy) is 2. The summed E-state index contributed by atoms with van der Waals surface area (Å²) in [7, 11) is -1.43. The number of hydrogen-bond donors (Lipinski definition) is 4. The zero-order chi connectivity index (χ0) is 32.0. The molecule has 44 heavy (non-hydrogen) atoms. The summed E-state index contributed by atoms with van der Waals surface area (Å²) in [5.74, 6) is -3.27. The molecule has 0 radical (unpaired) electrons. The lowest BCUT2D eigenvalue weighted by atomic mass is 9.93. The standard InChI is InChI=1S/C28H34F2N6O7S/c1-42-16-21-24(26(37)43-2)25(17-7-8-19(29)20(30)15-17)36(28(39)34-21)27(38)33-12-11-32-18-9-13-35(14-10-18)22-5-3-4-6-23(22)44(31,40)41/h3-8,15,18,25,32H,9-14,16H2,1-2H3,(H,33,38)(H,34,39)(H2,31,40,41)/t25-/m0/s1. The van der Waals surface area contributed by atoms with Crippen LogP contribution in [0.15, 0.2) is 58.6 Å². The molecule has 2 heterocycles. The van der Waals surface area contributed by atoms with Gasteiger partial charge in [0, 0.05) is 39.3 Å². The molecule has 1 atom stereocenters. The van der Waals surface area contributed by atoms with Crippen molar-refractivity contribution in [2.45, 2.75) is 29.8 Å². The average molecular weight is 637 g/mol. The number of nitrogens with zero attached hydrogens (tertiary/aromatic N) is 2. The van der Waals surface area contributed by atoms with Crippen LogP contribution in [0.2, 0.25) is 0 Å². The third kappa shape index (κ3) is 7.32. The number of urea groups is 2. The molecular weight excluding hydrogens is 602 g/mol. The second-order valence-corrected chi connectivity index (χ2v) is 11.7. The number of carbonyl (C=O) groups excluding carboxylic acids is 3. The summed E-state index contributed by atoms with van der Waals surface area (Å²) in [5.41, 5.74) is 0.355. The third-order valence-electron chi connectivity index (χ3n) is 7.35. The van der Waals surface area contributed by atoms with Crippen LogP contribution in [0.1, 0.15) is 24.4 Å². The summed E-state index contributed by atoms with van der Waals surface area (Å²) in [4.78, 5) is 42.0. The molecule has 0 saturated carbocycles. The highest BCUT2D eigenvalue weighted by Crippen LogP contribution is 2.35. The van der Waals surface area contributed by atoms with E-state index in [1.807, 2.05) is 4.90 Å². The summed E-state index contributed by atoms with van der Waals surface area (Å²) in [6.45, 7) is 1.34. The molecule has 13 nitrogen and oxygen atoms in total. The monoisotopic (exact) mass is 636 g/mol. The van der Waals surface area contributed by atoms with Crippen molar-refractivity contribution in [3.63, 3.8) is 0 Å². The number of rotatable bonds is 10. The van der Waals surface area contributed by atoms with Crippen LogP contribution in [0, 0.1) is 11.6 Å². The van der Waals surface area contributed by atoms with Gasteiger partial charge in [0.25, 0.3) is 0 Å². The van der Waals surface area contributed by atoms with Crippen LogP contribution in [0.4, 0.5) is 24.1 Å². The van der Waals surface area contributed by atoms with Gasteiger partial charge in [0.05, 0.1) is 30.7 Å². The van der Waals surface area contributed by atoms with Crippen LogP contribution >= 0.6 is 0 Å². The molecule has 0 aromatic heterocycles. The Morgan fingerprint density at radius 3 is 2.41 bits per heavy atom. The highest BCUT2D eigenvalue weighted by atomic mass is 32.2. The molecule has 16 heteroatoms. The number of imide groups is 1. The van der Waals surface area contributed by atoms with Gasteiger partial charge in [-0.1, -0.05) is 18.2 Å². The number of primary sulfonamides is 1. The predicted octanol–water partition coefficient (Wildman–Crippen LogP) is 1.72. The van der Waals surface area contributed by atoms with Gasteiger partial charge in [-0.2, -0.15) is 0 Å². The van der Waals surface area contributed by atoms with Crippen molar-refractivity contribution in [1.29, 1.82) is 0 Å². The Labute approximate surface area is 253 Å². The Morgan fingerprint density at radius 1 is 1.07 bits per heavy atom. The SMILES string of the molecule is COCC1=C(C(=O)OC)[C@H](c2ccc(F)c(F)c2)N(C(=O)NCCNC2CCN(c3ccccc3S(N)(=O)=O)CC2)C(=O)N1. The lowest BCUT2D eigenvalue weighted by Crippen LogP contribution is -2.56. The third-order valence-corrected chi connectivity index (χ3v) is 8.31. The number of methoxy groups -OCH3 is 2. The average Bonchev–Trinajstić information content (AvgIpc) is 3.00. The number of piperidine rings is 1. The fourth-order valence-corrected chi connectivity index (χ4v) is 6.05. The van der Waals surface area contributed by atoms with Crippen LogP contribution in [0.5, 0.6) is 0 Å². The van der Waals surface area contributed by atoms with Crippen molar-refractivity contribution in [3.8, 4) is 0 Å². The van der Waals surface area contributed by atoms with E-state index in [1.54, 1.807) is 18.2 Å². The maximum Gasteiger partial charge on any atom is 0.338 e. The van der Waals surface area contributed by atoms with Crippen LogP contribution in [-0.4, -0.2) is 84.4 Å². The molecule has 0 spiro atoms. The van der Waals surface area contributed by atoms with Gasteiger partial charge in [-0.25, -0.2) is 41.6 Å². The Morgan fingerprint density at radius 2 is 1.77 bits per heavy atom. The van der Waals surface area contributed by atoms with E-state index in [9.17, 15) is 31.6 Å². The summed E-state index contributed by atoms with van der Waals surface area (Å²) < 4.78 is 61.9. The number of hydrogen-bond acceptors (Lipinski definition) is 9. The number of sulfonamides is 1. The molecule has 0 aliphatic carbocycles. The molecule has 4 rings (SSSR count). The number of para-hydroxylation sites is 1. The molecule has 2 aromatic carbocycles. The lowest BCUT2D eigenvalue weighted by Gasteiger charge is -2.37. The molecule has 4 amide bonds. The molecule has 2 aliphatic heterocycles. The molecule has 2 aliphatic rings. The first-order valence-electron chi connectivity index (χ1n) is 13.7. The number of benzene rings is 2. The zero-order valence-electron chi connectivity index (χ0n) is 24.1. The Kier molecular flexibility index (Phi) is 10.5. The van der Waals surface area contributed by atoms with Gasteiger partial charge in [-0.05, 0) is 42.7 Å². The van der Waals surface area contributed by atoms with E-state index >= 15 is 0 Å². The van der Waals surface area contributed by atoms with E-state index in [2.05, 4.69) is 16.0 Å². The van der Waals surface area contributed by atoms with E-state index in [0.717, 1.165) is 19.2 Å². The molecule has 1 fully saturated rings. The van der Waals surface area contributed by atoms with Gasteiger partial charge in [0.1, 0.15) is 10.9 Å². The molecular formula is C28H34F2N6O7S. The van der Waals surface area contributed by atoms with E-state index in [-0.39, 0.29) is 40.9 Å². The van der Waals surface area contributed by atoms with Gasteiger partial charge in [0.2, 0.25) is 10.0 Å². The van der Waals surface area contributed by atoms with E-state index in [0.29, 0.717) is 43.1 Å². The van der Waals surface area contributed by atoms with E-state index in [4.69, 9.17) is 14.6 Å². The van der Waals surface area contributed by atoms with Crippen LogP contribution in [-0.2, 0) is 24.3 Å². The Balaban J connectivity index is 1.41. The summed E-state index contributed by atoms with van der Waals surface area (Å²) in [6.07, 6.45) is 1.38. The minimum atomic E-state index is -3.88. The first kappa shape index (κ1) is 32.8. The first-order valence-corrected chi connectivity index (χ1v) is 15.2. The lowest BCUT2D eigenvalue weighted by molar-refractivity contribution is -0.137. The van der Waals surface area contributed by atoms with Gasteiger partial charge in [-0.15, -0.1) is 0 Å². The van der Waals surface area contributed by atoms with Crippen molar-refractivity contribution in [1.82, 2.24) is 20.9 Å². The minimum Gasteiger partial charge on any atom is -0.466 e. The van der Waals surface area contributed by atoms with Crippen molar-refractivity contribution in [3.05, 3.63) is 70.9 Å². The summed E-state index contributed by atoms with van der Waals surface area (Å²) in [5, 5.41) is 13.8. The number of nitrogens with one attached hydrogen (secondary N) is 3. The fraction of sp³-hybridized carbons (Fsp3) is 0.393. The molecule has 5 N–H and O–H groups in total. The zero-order valence-corrected chi connectivity index (χ0v) is 25.0. The van der Waals surface area contributed by atoms with E-state index in [1.165, 1.54) is 19.2 Å². The van der Waals surface area contributed by atoms with Gasteiger partial charge < -0.3 is 30.3 Å². The number of carbonyl (C=O) groups is 3. The summed E-state index contributed by atoms with van der Waals surface area (Å²) in [6, 6.07) is 6.21. The smallest absolute Gasteiger partial charge is 0.338 e. The number of esters is 1. The highest BCUT2D eigenvalue weighted by Gasteiger charge is 2.43. The molecule has 0 unspecified atom stereocenters. The van der Waals surface area contributed by atoms with Gasteiger partial charge >= 0.3 is 18.0 Å². The fourth-order valence-electron chi connectivity index (χ4n) is 5.29. The quantitative estimate of drug-likeness (QED) is 0.224. The molecule has 1 saturated heterocycles. The van der Waals surface area contributed by atoms with Gasteiger partial charge in [0.15, 0.2) is 11.6 Å². The van der Waals surface area contributed by atoms with E-state index < -0.39 is 45.7 Å². The van der Waals surface area contributed by atoms with Gasteiger partial charge in [-0.3, -0.25) is 0 Å². The second kappa shape index (κ2) is 14.1. The predicted molar refractivity (Wildman–Crippen MR) is 155 cm³/mol. The van der Waals surface area contributed by atoms with Crippen molar-refractivity contribution in [2.75, 3.05) is 51.9 Å². The van der Waals surface area contributed by atoms with Crippen molar-refractivity contribution >= 4 is 33.7 Å². The van der Waals surface area contributed by atoms with Crippen molar-refractivity contribution < 1.29 is 41.1 Å². The van der Waals surface area contributed by atoms with Crippen LogP contribution in [0.3, 0.4) is 0 Å². The molecule has 0 bridgehead atoms. The second-order valence-electron chi connectivity index (χ2n) is 10.2. The maximum absolute atomic E-state index is 14.2. The molecule has 238 valence electrons. The number of amides is 4. The maximum atomic E-state index is 14.2.